The molecule has 2 aliphatic heterocycles. The van der Waals surface area contributed by atoms with Gasteiger partial charge >= 0.3 is 5.97 Å². The number of fused-ring (bicyclic) bond motifs is 5. The van der Waals surface area contributed by atoms with Gasteiger partial charge in [0.25, 0.3) is 0 Å². The van der Waals surface area contributed by atoms with Crippen LogP contribution in [-0.4, -0.2) is 56.7 Å². The van der Waals surface area contributed by atoms with E-state index >= 15 is 0 Å². The minimum atomic E-state index is -1.72. The van der Waals surface area contributed by atoms with Crippen LogP contribution in [-0.2, 0) is 9.59 Å². The Labute approximate surface area is 242 Å². The van der Waals surface area contributed by atoms with Gasteiger partial charge in [-0.2, -0.15) is 0 Å². The van der Waals surface area contributed by atoms with Gasteiger partial charge in [0.1, 0.15) is 5.41 Å². The molecule has 1 saturated heterocycles. The van der Waals surface area contributed by atoms with Gasteiger partial charge in [0, 0.05) is 29.5 Å². The quantitative estimate of drug-likeness (QED) is 0.239. The first-order valence-corrected chi connectivity index (χ1v) is 13.5. The average molecular weight is 568 g/mol. The van der Waals surface area contributed by atoms with E-state index in [1.807, 2.05) is 12.1 Å². The Hall–Kier alpha value is -4.92. The molecule has 42 heavy (non-hydrogen) atoms. The molecule has 6 rings (SSSR count). The zero-order valence-corrected chi connectivity index (χ0v) is 23.8. The topological polar surface area (TPSA) is 108 Å². The number of nitrogens with zero attached hydrogens (tertiary/aromatic N) is 1. The molecule has 3 aromatic carbocycles. The predicted octanol–water partition coefficient (Wildman–Crippen LogP) is 4.66. The van der Waals surface area contributed by atoms with Gasteiger partial charge in [-0.25, -0.2) is 0 Å². The Kier molecular flexibility index (Phi) is 6.40. The number of hydrogen-bond acceptors (Lipinski definition) is 9. The number of Topliss-reactive ketones (excluding diaryl/α,β-unsaturated/α-hetero) is 3. The third-order valence-corrected chi connectivity index (χ3v) is 8.50. The van der Waals surface area contributed by atoms with Crippen LogP contribution < -0.4 is 23.8 Å². The Balaban J connectivity index is 1.70. The highest BCUT2D eigenvalue weighted by molar-refractivity contribution is 6.32. The number of hydrogen-bond donors (Lipinski definition) is 0. The molecule has 0 bridgehead atoms. The second kappa shape index (κ2) is 9.87. The lowest BCUT2D eigenvalue weighted by molar-refractivity contribution is -0.131. The van der Waals surface area contributed by atoms with E-state index in [9.17, 15) is 19.2 Å². The molecule has 0 N–H and O–H groups in total. The number of para-hydroxylation sites is 1. The van der Waals surface area contributed by atoms with E-state index in [0.717, 1.165) is 0 Å². The van der Waals surface area contributed by atoms with E-state index in [0.29, 0.717) is 45.2 Å². The van der Waals surface area contributed by atoms with Crippen molar-refractivity contribution in [1.82, 2.24) is 0 Å². The fraction of sp³-hybridized carbons (Fsp3) is 0.273. The molecular formula is C33H29NO8. The molecule has 1 fully saturated rings. The van der Waals surface area contributed by atoms with Crippen LogP contribution in [0.3, 0.4) is 0 Å². The van der Waals surface area contributed by atoms with Gasteiger partial charge in [0.15, 0.2) is 34.6 Å². The Bertz CT molecular complexity index is 1650. The summed E-state index contributed by atoms with van der Waals surface area (Å²) in [5.74, 6) is -1.32. The van der Waals surface area contributed by atoms with Gasteiger partial charge < -0.3 is 23.8 Å². The minimum Gasteiger partial charge on any atom is -0.493 e. The average Bonchev–Trinajstić information content (AvgIpc) is 3.42. The summed E-state index contributed by atoms with van der Waals surface area (Å²) in [5, 5.41) is 0. The summed E-state index contributed by atoms with van der Waals surface area (Å²) in [6, 6.07) is 13.5. The Morgan fingerprint density at radius 3 is 1.95 bits per heavy atom. The maximum atomic E-state index is 14.7. The van der Waals surface area contributed by atoms with Crippen molar-refractivity contribution in [2.24, 2.45) is 5.41 Å². The third kappa shape index (κ3) is 3.55. The van der Waals surface area contributed by atoms with Crippen molar-refractivity contribution in [2.45, 2.75) is 31.8 Å². The number of carbonyl (C=O) groups excluding carboxylic acids is 4. The molecule has 3 aliphatic rings. The molecule has 0 aromatic heterocycles. The Morgan fingerprint density at radius 1 is 0.810 bits per heavy atom. The summed E-state index contributed by atoms with van der Waals surface area (Å²) in [6.45, 7) is 2.73. The van der Waals surface area contributed by atoms with Crippen molar-refractivity contribution >= 4 is 35.1 Å². The zero-order valence-electron chi connectivity index (χ0n) is 23.8. The second-order valence-corrected chi connectivity index (χ2v) is 10.6. The van der Waals surface area contributed by atoms with E-state index < -0.39 is 29.4 Å². The van der Waals surface area contributed by atoms with Gasteiger partial charge in [0.2, 0.25) is 5.75 Å². The van der Waals surface area contributed by atoms with Crippen molar-refractivity contribution in [2.75, 3.05) is 26.2 Å². The molecule has 1 spiro atoms. The number of anilines is 1. The van der Waals surface area contributed by atoms with Crippen LogP contribution in [0, 0.1) is 5.41 Å². The van der Waals surface area contributed by atoms with Crippen LogP contribution in [0.15, 0.2) is 60.7 Å². The van der Waals surface area contributed by atoms with Crippen LogP contribution in [0.25, 0.3) is 6.08 Å². The SMILES string of the molecule is COc1cc([C@H]2[C@H](C(C)=O)N3c4c(cccc4OC(C)=O)C=C[C@H]3C23C(=O)c2ccccc2C3=O)cc(OC)c1OC. The summed E-state index contributed by atoms with van der Waals surface area (Å²) in [4.78, 5) is 57.1. The van der Waals surface area contributed by atoms with Gasteiger partial charge in [0.05, 0.1) is 39.1 Å². The number of ether oxygens (including phenoxy) is 4. The summed E-state index contributed by atoms with van der Waals surface area (Å²) in [5.41, 5.74) is 0.530. The zero-order chi connectivity index (χ0) is 29.9. The molecular weight excluding hydrogens is 538 g/mol. The van der Waals surface area contributed by atoms with Crippen molar-refractivity contribution in [1.29, 1.82) is 0 Å². The highest BCUT2D eigenvalue weighted by atomic mass is 16.5. The van der Waals surface area contributed by atoms with Crippen molar-refractivity contribution in [3.63, 3.8) is 0 Å². The maximum absolute atomic E-state index is 14.7. The van der Waals surface area contributed by atoms with E-state index in [1.165, 1.54) is 35.2 Å². The first kappa shape index (κ1) is 27.3. The summed E-state index contributed by atoms with van der Waals surface area (Å²) in [7, 11) is 4.43. The van der Waals surface area contributed by atoms with E-state index in [4.69, 9.17) is 18.9 Å². The number of carbonyl (C=O) groups is 4. The van der Waals surface area contributed by atoms with Gasteiger partial charge in [-0.05, 0) is 30.7 Å². The fourth-order valence-corrected chi connectivity index (χ4v) is 7.03. The van der Waals surface area contributed by atoms with Crippen molar-refractivity contribution in [3.05, 3.63) is 82.9 Å². The van der Waals surface area contributed by atoms with Crippen LogP contribution in [0.2, 0.25) is 0 Å². The molecule has 1 aliphatic carbocycles. The molecule has 0 unspecified atom stereocenters. The summed E-state index contributed by atoms with van der Waals surface area (Å²) >= 11 is 0. The first-order valence-electron chi connectivity index (χ1n) is 13.5. The van der Waals surface area contributed by atoms with E-state index in [2.05, 4.69) is 0 Å². The number of ketones is 3. The smallest absolute Gasteiger partial charge is 0.308 e. The van der Waals surface area contributed by atoms with Gasteiger partial charge in [-0.3, -0.25) is 19.2 Å². The second-order valence-electron chi connectivity index (χ2n) is 10.6. The van der Waals surface area contributed by atoms with Crippen molar-refractivity contribution < 1.29 is 38.1 Å². The van der Waals surface area contributed by atoms with Crippen LogP contribution >= 0.6 is 0 Å². The number of esters is 1. The molecule has 0 saturated carbocycles. The molecule has 9 heteroatoms. The molecule has 214 valence electrons. The number of benzene rings is 3. The molecule has 9 nitrogen and oxygen atoms in total. The number of methoxy groups -OCH3 is 3. The molecule has 2 heterocycles. The fourth-order valence-electron chi connectivity index (χ4n) is 7.03. The normalized spacial score (nSPS) is 21.1. The lowest BCUT2D eigenvalue weighted by atomic mass is 9.64. The first-order chi connectivity index (χ1) is 20.2. The maximum Gasteiger partial charge on any atom is 0.308 e. The number of rotatable bonds is 6. The van der Waals surface area contributed by atoms with Crippen LogP contribution in [0.4, 0.5) is 5.69 Å². The van der Waals surface area contributed by atoms with Crippen LogP contribution in [0.1, 0.15) is 51.6 Å². The van der Waals surface area contributed by atoms with Gasteiger partial charge in [-0.1, -0.05) is 48.6 Å². The lowest BCUT2D eigenvalue weighted by Crippen LogP contribution is -2.48. The molecule has 3 atom stereocenters. The predicted molar refractivity (Wildman–Crippen MR) is 154 cm³/mol. The van der Waals surface area contributed by atoms with E-state index in [-0.39, 0.29) is 23.1 Å². The minimum absolute atomic E-state index is 0.233. The standard InChI is InChI=1S/C33H29NO8/c1-17(35)28-27(20-15-24(39-3)30(41-5)25(16-20)40-4)33(31(37)21-10-6-7-11-22(21)32(33)38)26-14-13-19-9-8-12-23(42-18(2)36)29(19)34(26)28/h6-16,26-28H,1-5H3/t26-,27-,28-/m0/s1. The van der Waals surface area contributed by atoms with Gasteiger partial charge in [-0.15, -0.1) is 0 Å². The highest BCUT2D eigenvalue weighted by Crippen LogP contribution is 2.62. The lowest BCUT2D eigenvalue weighted by Gasteiger charge is -2.37. The third-order valence-electron chi connectivity index (χ3n) is 8.50. The highest BCUT2D eigenvalue weighted by Gasteiger charge is 2.71. The molecule has 0 amide bonds. The Morgan fingerprint density at radius 2 is 1.43 bits per heavy atom. The molecule has 3 aromatic rings. The molecule has 0 radical (unpaired) electrons. The summed E-state index contributed by atoms with van der Waals surface area (Å²) in [6.07, 6.45) is 3.61. The summed E-state index contributed by atoms with van der Waals surface area (Å²) < 4.78 is 22.4. The van der Waals surface area contributed by atoms with E-state index in [1.54, 1.807) is 59.5 Å². The van der Waals surface area contributed by atoms with Crippen LogP contribution in [0.5, 0.6) is 23.0 Å². The van der Waals surface area contributed by atoms with Crippen molar-refractivity contribution in [3.8, 4) is 23.0 Å². The largest absolute Gasteiger partial charge is 0.493 e. The monoisotopic (exact) mass is 567 g/mol.